The molecule has 1 aliphatic carbocycles. The molecule has 5 heteroatoms. The lowest BCUT2D eigenvalue weighted by Gasteiger charge is -2.22. The summed E-state index contributed by atoms with van der Waals surface area (Å²) in [6, 6.07) is 12.6. The van der Waals surface area contributed by atoms with Crippen molar-refractivity contribution >= 4 is 34.6 Å². The molecule has 1 amide bonds. The number of nitrogens with zero attached hydrogens (tertiary/aromatic N) is 2. The van der Waals surface area contributed by atoms with Crippen molar-refractivity contribution in [3.8, 4) is 11.8 Å². The molecule has 3 rings (SSSR count). The summed E-state index contributed by atoms with van der Waals surface area (Å²) in [5, 5.41) is 12.5. The van der Waals surface area contributed by atoms with Crippen molar-refractivity contribution in [1.82, 2.24) is 9.88 Å². The van der Waals surface area contributed by atoms with Crippen LogP contribution in [0.4, 0.5) is 0 Å². The van der Waals surface area contributed by atoms with Gasteiger partial charge in [0.2, 0.25) is 0 Å². The number of rotatable bonds is 4. The number of aromatic nitrogens is 1. The van der Waals surface area contributed by atoms with Gasteiger partial charge in [-0.2, -0.15) is 5.26 Å². The van der Waals surface area contributed by atoms with E-state index in [4.69, 9.17) is 0 Å². The first-order chi connectivity index (χ1) is 13.0. The molecule has 0 bridgehead atoms. The molecule has 0 radical (unpaired) electrons. The summed E-state index contributed by atoms with van der Waals surface area (Å²) in [4.78, 5) is 12.5. The van der Waals surface area contributed by atoms with Gasteiger partial charge in [0, 0.05) is 26.7 Å². The first-order valence-electron chi connectivity index (χ1n) is 9.37. The number of amides is 1. The molecule has 0 saturated heterocycles. The Kier molecular flexibility index (Phi) is 6.38. The smallest absolute Gasteiger partial charge is 0.262 e. The molecule has 1 N–H and O–H groups in total. The maximum atomic E-state index is 12.5. The Morgan fingerprint density at radius 1 is 1.22 bits per heavy atom. The summed E-state index contributed by atoms with van der Waals surface area (Å²) < 4.78 is 3.33. The average molecular weight is 473 g/mol. The van der Waals surface area contributed by atoms with Crippen LogP contribution in [0.25, 0.3) is 11.8 Å². The highest BCUT2D eigenvalue weighted by atomic mass is 127. The highest BCUT2D eigenvalue weighted by Crippen LogP contribution is 2.24. The fraction of sp³-hybridized carbons (Fsp3) is 0.364. The zero-order valence-corrected chi connectivity index (χ0v) is 17.9. The van der Waals surface area contributed by atoms with Crippen LogP contribution < -0.4 is 5.32 Å². The lowest BCUT2D eigenvalue weighted by Crippen LogP contribution is -2.36. The Morgan fingerprint density at radius 3 is 2.52 bits per heavy atom. The summed E-state index contributed by atoms with van der Waals surface area (Å²) in [6.07, 6.45) is 7.25. The number of halogens is 1. The zero-order valence-electron chi connectivity index (χ0n) is 15.8. The second-order valence-electron chi connectivity index (χ2n) is 7.12. The molecule has 4 nitrogen and oxygen atoms in total. The number of nitrogens with one attached hydrogen (secondary N) is 1. The molecule has 0 spiro atoms. The second-order valence-corrected chi connectivity index (χ2v) is 8.36. The third kappa shape index (κ3) is 4.62. The van der Waals surface area contributed by atoms with Crippen LogP contribution in [0.3, 0.4) is 0 Å². The number of benzene rings is 1. The molecule has 0 aliphatic heterocycles. The summed E-state index contributed by atoms with van der Waals surface area (Å²) in [5.41, 5.74) is 4.25. The van der Waals surface area contributed by atoms with Crippen molar-refractivity contribution in [2.75, 3.05) is 0 Å². The third-order valence-electron chi connectivity index (χ3n) is 5.16. The lowest BCUT2D eigenvalue weighted by molar-refractivity contribution is -0.117. The first kappa shape index (κ1) is 19.7. The van der Waals surface area contributed by atoms with Gasteiger partial charge in [0.05, 0.1) is 0 Å². The Hall–Kier alpha value is -2.07. The van der Waals surface area contributed by atoms with Crippen LogP contribution in [0.2, 0.25) is 0 Å². The molecule has 0 atom stereocenters. The summed E-state index contributed by atoms with van der Waals surface area (Å²) in [7, 11) is 0. The minimum Gasteiger partial charge on any atom is -0.349 e. The van der Waals surface area contributed by atoms with Gasteiger partial charge in [-0.25, -0.2) is 0 Å². The molecule has 1 saturated carbocycles. The molecule has 27 heavy (non-hydrogen) atoms. The van der Waals surface area contributed by atoms with E-state index < -0.39 is 0 Å². The second kappa shape index (κ2) is 8.75. The van der Waals surface area contributed by atoms with E-state index in [0.29, 0.717) is 0 Å². The van der Waals surface area contributed by atoms with Crippen molar-refractivity contribution in [3.63, 3.8) is 0 Å². The van der Waals surface area contributed by atoms with Crippen LogP contribution in [-0.2, 0) is 4.79 Å². The van der Waals surface area contributed by atoms with Crippen LogP contribution in [-0.4, -0.2) is 16.5 Å². The summed E-state index contributed by atoms with van der Waals surface area (Å²) in [6.45, 7) is 4.06. The predicted molar refractivity (Wildman–Crippen MR) is 117 cm³/mol. The number of hydrogen-bond donors (Lipinski definition) is 1. The van der Waals surface area contributed by atoms with Crippen molar-refractivity contribution in [1.29, 1.82) is 5.26 Å². The lowest BCUT2D eigenvalue weighted by atomic mass is 9.95. The zero-order chi connectivity index (χ0) is 19.4. The Balaban J connectivity index is 1.86. The van der Waals surface area contributed by atoms with E-state index in [1.807, 2.05) is 19.9 Å². The van der Waals surface area contributed by atoms with Gasteiger partial charge in [-0.1, -0.05) is 19.3 Å². The standard InChI is InChI=1S/C22H24IN3O/c1-15-12-17(16(2)26(15)21-10-8-19(23)9-11-21)13-18(14-24)22(27)25-20-6-4-3-5-7-20/h8-13,20H,3-7H2,1-2H3,(H,25,27)/b18-13-. The minimum absolute atomic E-state index is 0.170. The van der Waals surface area contributed by atoms with Gasteiger partial charge in [-0.3, -0.25) is 4.79 Å². The van der Waals surface area contributed by atoms with Crippen molar-refractivity contribution in [3.05, 3.63) is 56.4 Å². The van der Waals surface area contributed by atoms with Crippen molar-refractivity contribution in [2.45, 2.75) is 52.0 Å². The topological polar surface area (TPSA) is 57.8 Å². The molecule has 1 aromatic heterocycles. The number of nitriles is 1. The Bertz CT molecular complexity index is 897. The van der Waals surface area contributed by atoms with Crippen LogP contribution >= 0.6 is 22.6 Å². The average Bonchev–Trinajstić information content (AvgIpc) is 2.94. The largest absolute Gasteiger partial charge is 0.349 e. The quantitative estimate of drug-likeness (QED) is 0.384. The highest BCUT2D eigenvalue weighted by Gasteiger charge is 2.19. The van der Waals surface area contributed by atoms with Gasteiger partial charge in [-0.05, 0) is 91.3 Å². The fourth-order valence-electron chi connectivity index (χ4n) is 3.74. The number of carbonyl (C=O) groups excluding carboxylic acids is 1. The molecule has 1 aromatic carbocycles. The normalized spacial score (nSPS) is 15.4. The van der Waals surface area contributed by atoms with Crippen LogP contribution in [0, 0.1) is 28.7 Å². The van der Waals surface area contributed by atoms with Gasteiger partial charge < -0.3 is 9.88 Å². The molecule has 140 valence electrons. The van der Waals surface area contributed by atoms with Crippen LogP contribution in [0.1, 0.15) is 49.1 Å². The number of carbonyl (C=O) groups is 1. The maximum absolute atomic E-state index is 12.5. The van der Waals surface area contributed by atoms with Crippen molar-refractivity contribution in [2.24, 2.45) is 0 Å². The fourth-order valence-corrected chi connectivity index (χ4v) is 4.09. The van der Waals surface area contributed by atoms with Crippen LogP contribution in [0.5, 0.6) is 0 Å². The molecule has 2 aromatic rings. The van der Waals surface area contributed by atoms with Crippen molar-refractivity contribution < 1.29 is 4.79 Å². The third-order valence-corrected chi connectivity index (χ3v) is 5.88. The van der Waals surface area contributed by atoms with Gasteiger partial charge in [0.25, 0.3) is 5.91 Å². The Morgan fingerprint density at radius 2 is 1.89 bits per heavy atom. The number of hydrogen-bond acceptors (Lipinski definition) is 2. The summed E-state index contributed by atoms with van der Waals surface area (Å²) in [5.74, 6) is -0.261. The molecular formula is C22H24IN3O. The van der Waals surface area contributed by atoms with E-state index in [9.17, 15) is 10.1 Å². The van der Waals surface area contributed by atoms with Gasteiger partial charge >= 0.3 is 0 Å². The highest BCUT2D eigenvalue weighted by molar-refractivity contribution is 14.1. The van der Waals surface area contributed by atoms with Crippen LogP contribution in [0.15, 0.2) is 35.9 Å². The Labute approximate surface area is 174 Å². The van der Waals surface area contributed by atoms with Gasteiger partial charge in [0.15, 0.2) is 0 Å². The van der Waals surface area contributed by atoms with E-state index in [2.05, 4.69) is 62.8 Å². The van der Waals surface area contributed by atoms with Gasteiger partial charge in [0.1, 0.15) is 11.6 Å². The molecule has 1 fully saturated rings. The van der Waals surface area contributed by atoms with Gasteiger partial charge in [-0.15, -0.1) is 0 Å². The maximum Gasteiger partial charge on any atom is 0.262 e. The SMILES string of the molecule is Cc1cc(/C=C(/C#N)C(=O)NC2CCCCC2)c(C)n1-c1ccc(I)cc1. The first-order valence-corrected chi connectivity index (χ1v) is 10.4. The molecule has 0 unspecified atom stereocenters. The molecule has 1 aliphatic rings. The van der Waals surface area contributed by atoms with E-state index in [1.165, 1.54) is 9.99 Å². The molecular weight excluding hydrogens is 449 g/mol. The monoisotopic (exact) mass is 473 g/mol. The van der Waals surface area contributed by atoms with E-state index in [0.717, 1.165) is 48.3 Å². The predicted octanol–water partition coefficient (Wildman–Crippen LogP) is 5.05. The minimum atomic E-state index is -0.261. The molecule has 1 heterocycles. The van der Waals surface area contributed by atoms with E-state index in [-0.39, 0.29) is 17.5 Å². The summed E-state index contributed by atoms with van der Waals surface area (Å²) >= 11 is 2.29. The number of aryl methyl sites for hydroxylation is 1. The van der Waals surface area contributed by atoms with E-state index >= 15 is 0 Å². The van der Waals surface area contributed by atoms with E-state index in [1.54, 1.807) is 6.08 Å².